The number of rotatable bonds is 4. The second-order valence-corrected chi connectivity index (χ2v) is 16.9. The van der Waals surface area contributed by atoms with E-state index in [2.05, 4.69) is 0 Å². The number of hydrogen-bond donors (Lipinski definition) is 0. The fraction of sp³-hybridized carbons (Fsp3) is 0.125. The zero-order valence-corrected chi connectivity index (χ0v) is 30.8. The molecule has 0 amide bonds. The molecule has 3 aromatic rings. The first-order valence-electron chi connectivity index (χ1n) is 15.0. The lowest BCUT2D eigenvalue weighted by Crippen LogP contribution is -2.30. The van der Waals surface area contributed by atoms with Crippen LogP contribution in [0.3, 0.4) is 0 Å². The van der Waals surface area contributed by atoms with Crippen LogP contribution in [-0.4, -0.2) is 63.8 Å². The van der Waals surface area contributed by atoms with Crippen molar-refractivity contribution in [2.24, 2.45) is 0 Å². The van der Waals surface area contributed by atoms with Gasteiger partial charge in [0.15, 0.2) is 29.1 Å². The molecular weight excluding hydrogens is 833 g/mol. The molecular formula is C32H20O20S4-4. The number of carbonyl (C=O) groups is 1. The van der Waals surface area contributed by atoms with Crippen LogP contribution < -0.4 is 30.5 Å². The molecule has 3 aromatic carbocycles. The van der Waals surface area contributed by atoms with E-state index in [-0.39, 0.29) is 0 Å². The Kier molecular flexibility index (Phi) is 11.5. The second kappa shape index (κ2) is 15.5. The maximum Gasteiger partial charge on any atom is 0.241 e. The maximum atomic E-state index is 13.7. The molecule has 0 spiro atoms. The molecule has 0 saturated heterocycles. The summed E-state index contributed by atoms with van der Waals surface area (Å²) in [6.07, 6.45) is 0.412. The minimum absolute atomic E-state index is 0.525. The molecule has 24 heteroatoms. The molecule has 1 aliphatic heterocycles. The van der Waals surface area contributed by atoms with Crippen molar-refractivity contribution < 1.29 is 75.6 Å². The lowest BCUT2D eigenvalue weighted by atomic mass is 10.1. The zero-order chi connectivity index (χ0) is 41.4. The second-order valence-electron chi connectivity index (χ2n) is 11.3. The molecule has 0 N–H and O–H groups in total. The summed E-state index contributed by atoms with van der Waals surface area (Å²) in [5, 5.41) is 0. The summed E-state index contributed by atoms with van der Waals surface area (Å²) >= 11 is 0. The lowest BCUT2D eigenvalue weighted by molar-refractivity contribution is -0.124. The van der Waals surface area contributed by atoms with Gasteiger partial charge < -0.3 is 37.2 Å². The number of hydrogen-bond acceptors (Lipinski definition) is 20. The average Bonchev–Trinajstić information content (AvgIpc) is 3.42. The third-order valence-electron chi connectivity index (χ3n) is 7.59. The Bertz CT molecular complexity index is 2920. The monoisotopic (exact) mass is 852 g/mol. The largest absolute Gasteiger partial charge is 0.744 e. The zero-order valence-electron chi connectivity index (χ0n) is 27.5. The molecule has 0 fully saturated rings. The van der Waals surface area contributed by atoms with Gasteiger partial charge >= 0.3 is 0 Å². The summed E-state index contributed by atoms with van der Waals surface area (Å²) in [4.78, 5) is 50.5. The van der Waals surface area contributed by atoms with Crippen LogP contribution in [0.15, 0.2) is 119 Å². The number of ketones is 1. The van der Waals surface area contributed by atoms with E-state index in [1.54, 1.807) is 0 Å². The highest BCUT2D eigenvalue weighted by Gasteiger charge is 2.27. The summed E-state index contributed by atoms with van der Waals surface area (Å²) in [6.45, 7) is -3.27. The molecule has 296 valence electrons. The molecule has 5 rings (SSSR count). The van der Waals surface area contributed by atoms with E-state index in [1.165, 1.54) is 0 Å². The van der Waals surface area contributed by atoms with Crippen molar-refractivity contribution in [1.82, 2.24) is 0 Å². The standard InChI is InChI=1S/C32H24O20S4/c33-29-17-11-21(54(40,41)42)4-8-25(29)50-16-19-13-23(56(46,47)48)5-10-27(31(19)35)52-28-9-2-20(53(37,38)39)1-6-26(32(28)36)51-15-18-12-22(55(43,44)45)3-7-24(30(18)34)49-14-17/h1-13,28H,14-16H2,(H,37,38,39)(H,40,41,42)(H,43,44,45)(H,46,47,48)/p-4/b9-2-,20-1+,26-6+. The smallest absolute Gasteiger partial charge is 0.241 e. The molecule has 1 atom stereocenters. The van der Waals surface area contributed by atoms with Gasteiger partial charge in [-0.05, 0) is 78.9 Å². The van der Waals surface area contributed by atoms with Gasteiger partial charge in [-0.2, -0.15) is 0 Å². The highest BCUT2D eigenvalue weighted by atomic mass is 32.2. The number of Topliss-reactive ketones (excluding diaryl/α,β-unsaturated/α-hetero) is 1. The summed E-state index contributed by atoms with van der Waals surface area (Å²) in [6, 6.07) is 5.41. The van der Waals surface area contributed by atoms with Gasteiger partial charge in [0.25, 0.3) is 0 Å². The van der Waals surface area contributed by atoms with Crippen molar-refractivity contribution in [3.63, 3.8) is 0 Å². The van der Waals surface area contributed by atoms with Gasteiger partial charge in [-0.1, -0.05) is 0 Å². The van der Waals surface area contributed by atoms with Crippen molar-refractivity contribution >= 4 is 46.3 Å². The molecule has 0 aromatic heterocycles. The van der Waals surface area contributed by atoms with E-state index in [0.29, 0.717) is 78.9 Å². The first kappa shape index (κ1) is 41.6. The van der Waals surface area contributed by atoms with Gasteiger partial charge in [0.05, 0.1) is 19.6 Å². The minimum atomic E-state index is -5.36. The molecule has 0 saturated carbocycles. The Morgan fingerprint density at radius 3 is 1.30 bits per heavy atom. The first-order valence-corrected chi connectivity index (χ1v) is 20.6. The summed E-state index contributed by atoms with van der Waals surface area (Å²) in [7, 11) is -21.3. The van der Waals surface area contributed by atoms with Crippen molar-refractivity contribution in [1.29, 1.82) is 0 Å². The number of carbonyl (C=O) groups excluding carboxylic acids is 1. The third kappa shape index (κ3) is 9.61. The molecule has 8 bridgehead atoms. The number of allylic oxidation sites excluding steroid dienone is 3. The molecule has 20 nitrogen and oxygen atoms in total. The van der Waals surface area contributed by atoms with Gasteiger partial charge in [-0.25, -0.2) is 33.7 Å². The van der Waals surface area contributed by atoms with Gasteiger partial charge in [0.2, 0.25) is 22.1 Å². The lowest BCUT2D eigenvalue weighted by Gasteiger charge is -2.19. The van der Waals surface area contributed by atoms with Crippen molar-refractivity contribution in [3.05, 3.63) is 137 Å². The van der Waals surface area contributed by atoms with Gasteiger partial charge in [-0.15, -0.1) is 0 Å². The summed E-state index contributed by atoms with van der Waals surface area (Å²) in [5.41, 5.74) is -5.96. The summed E-state index contributed by atoms with van der Waals surface area (Å²) < 4.78 is 165. The van der Waals surface area contributed by atoms with Crippen LogP contribution in [0.4, 0.5) is 0 Å². The van der Waals surface area contributed by atoms with Crippen LogP contribution in [0, 0.1) is 0 Å². The van der Waals surface area contributed by atoms with E-state index in [0.717, 1.165) is 0 Å². The Morgan fingerprint density at radius 2 is 0.893 bits per heavy atom. The third-order valence-corrected chi connectivity index (χ3v) is 10.9. The van der Waals surface area contributed by atoms with E-state index in [1.807, 2.05) is 0 Å². The van der Waals surface area contributed by atoms with Gasteiger partial charge in [0.1, 0.15) is 60.3 Å². The fourth-order valence-corrected chi connectivity index (χ4v) is 6.87. The Hall–Kier alpha value is -5.60. The van der Waals surface area contributed by atoms with Crippen molar-refractivity contribution in [2.75, 3.05) is 0 Å². The predicted molar refractivity (Wildman–Crippen MR) is 180 cm³/mol. The van der Waals surface area contributed by atoms with E-state index in [9.17, 15) is 71.1 Å². The Labute approximate surface area is 315 Å². The SMILES string of the molecule is O=C1\C2=C/C=C(S(=O)(=O)[O-])\C=C/C1Oc1ccc(S(=O)(=O)[O-])cc(c1=O)COc1ccc(S(=O)(=O)[O-])cc(c1=O)COc1ccc(S(=O)(=O)[O-])cc(c1=O)CO2. The fourth-order valence-electron chi connectivity index (χ4n) is 4.83. The average molecular weight is 853 g/mol. The summed E-state index contributed by atoms with van der Waals surface area (Å²) in [5.74, 6) is -4.72. The van der Waals surface area contributed by atoms with E-state index < -0.39 is 148 Å². The van der Waals surface area contributed by atoms with Crippen LogP contribution in [0.2, 0.25) is 0 Å². The normalized spacial score (nSPS) is 19.1. The van der Waals surface area contributed by atoms with E-state index >= 15 is 0 Å². The molecule has 1 aliphatic carbocycles. The number of fused-ring (bicyclic) bond motifs is 8. The molecule has 0 radical (unpaired) electrons. The number of ether oxygens (including phenoxy) is 4. The molecule has 56 heavy (non-hydrogen) atoms. The topological polar surface area (TPSA) is 334 Å². The Balaban J connectivity index is 1.82. The predicted octanol–water partition coefficient (Wildman–Crippen LogP) is -0.633. The highest BCUT2D eigenvalue weighted by molar-refractivity contribution is 7.90. The maximum absolute atomic E-state index is 13.7. The first-order chi connectivity index (χ1) is 25.9. The van der Waals surface area contributed by atoms with Crippen LogP contribution >= 0.6 is 0 Å². The van der Waals surface area contributed by atoms with Gasteiger partial charge in [0, 0.05) is 16.7 Å². The Morgan fingerprint density at radius 1 is 0.500 bits per heavy atom. The quantitative estimate of drug-likeness (QED) is 0.295. The van der Waals surface area contributed by atoms with Crippen LogP contribution in [0.1, 0.15) is 16.7 Å². The van der Waals surface area contributed by atoms with E-state index in [4.69, 9.17) is 18.9 Å². The minimum Gasteiger partial charge on any atom is -0.744 e. The van der Waals surface area contributed by atoms with Crippen molar-refractivity contribution in [3.8, 4) is 17.2 Å². The van der Waals surface area contributed by atoms with Crippen molar-refractivity contribution in [2.45, 2.75) is 40.6 Å². The van der Waals surface area contributed by atoms with Crippen LogP contribution in [-0.2, 0) is 69.8 Å². The van der Waals surface area contributed by atoms with Crippen LogP contribution in [0.25, 0.3) is 0 Å². The molecule has 1 heterocycles. The van der Waals surface area contributed by atoms with Gasteiger partial charge in [-0.3, -0.25) is 19.2 Å². The molecule has 1 unspecified atom stereocenters. The highest BCUT2D eigenvalue weighted by Crippen LogP contribution is 2.23. The van der Waals surface area contributed by atoms with Crippen LogP contribution in [0.5, 0.6) is 17.2 Å². The molecule has 2 aliphatic rings.